The molecule has 0 aliphatic heterocycles. The van der Waals surface area contributed by atoms with Gasteiger partial charge >= 0.3 is 0 Å². The number of unbranched alkanes of at least 4 members (excludes halogenated alkanes) is 2. The third kappa shape index (κ3) is 8.02. The largest absolute Gasteiger partial charge is 0.379 e. The molecule has 0 rings (SSSR count). The average molecular weight is 142 g/mol. The van der Waals surface area contributed by atoms with E-state index >= 15 is 0 Å². The Balaban J connectivity index is 2.77. The fourth-order valence-corrected chi connectivity index (χ4v) is 0.848. The second-order valence-electron chi connectivity index (χ2n) is 2.98. The zero-order valence-electron chi connectivity index (χ0n) is 7.52. The van der Waals surface area contributed by atoms with Gasteiger partial charge in [0.15, 0.2) is 0 Å². The van der Waals surface area contributed by atoms with Gasteiger partial charge in [0.25, 0.3) is 0 Å². The minimum atomic E-state index is 0.404. The SMILES string of the molecule is BCCCCCOC(C)C. The van der Waals surface area contributed by atoms with E-state index in [0.717, 1.165) is 6.61 Å². The molecule has 0 amide bonds. The lowest BCUT2D eigenvalue weighted by atomic mass is 10.00. The van der Waals surface area contributed by atoms with E-state index < -0.39 is 0 Å². The summed E-state index contributed by atoms with van der Waals surface area (Å²) in [6, 6.07) is 0. The van der Waals surface area contributed by atoms with Crippen LogP contribution in [0.5, 0.6) is 0 Å². The van der Waals surface area contributed by atoms with Crippen molar-refractivity contribution < 1.29 is 4.74 Å². The molecule has 0 radical (unpaired) electrons. The van der Waals surface area contributed by atoms with Gasteiger partial charge in [0, 0.05) is 6.61 Å². The van der Waals surface area contributed by atoms with Crippen LogP contribution >= 0.6 is 0 Å². The Morgan fingerprint density at radius 1 is 1.20 bits per heavy atom. The van der Waals surface area contributed by atoms with Gasteiger partial charge in [0.1, 0.15) is 7.85 Å². The normalized spacial score (nSPS) is 10.7. The molecule has 0 saturated heterocycles. The predicted octanol–water partition coefficient (Wildman–Crippen LogP) is 1.63. The molecule has 0 fully saturated rings. The Morgan fingerprint density at radius 2 is 1.90 bits per heavy atom. The van der Waals surface area contributed by atoms with E-state index in [4.69, 9.17) is 4.74 Å². The van der Waals surface area contributed by atoms with E-state index in [0.29, 0.717) is 6.10 Å². The summed E-state index contributed by atoms with van der Waals surface area (Å²) in [5.74, 6) is 0. The molecule has 1 nitrogen and oxygen atoms in total. The molecule has 2 heteroatoms. The standard InChI is InChI=1S/C8H19BO/c1-8(2)10-7-5-3-4-6-9/h8H,3-7,9H2,1-2H3. The molecule has 60 valence electrons. The summed E-state index contributed by atoms with van der Waals surface area (Å²) in [7, 11) is 2.23. The molecule has 0 bridgehead atoms. The van der Waals surface area contributed by atoms with Crippen LogP contribution < -0.4 is 0 Å². The average Bonchev–Trinajstić information content (AvgIpc) is 1.87. The summed E-state index contributed by atoms with van der Waals surface area (Å²) in [4.78, 5) is 0. The zero-order valence-corrected chi connectivity index (χ0v) is 7.52. The lowest BCUT2D eigenvalue weighted by molar-refractivity contribution is 0.0759. The van der Waals surface area contributed by atoms with Gasteiger partial charge < -0.3 is 4.74 Å². The van der Waals surface area contributed by atoms with E-state index in [2.05, 4.69) is 21.7 Å². The number of hydrogen-bond donors (Lipinski definition) is 0. The van der Waals surface area contributed by atoms with Crippen LogP contribution in [0.3, 0.4) is 0 Å². The van der Waals surface area contributed by atoms with E-state index in [-0.39, 0.29) is 0 Å². The maximum absolute atomic E-state index is 5.39. The first kappa shape index (κ1) is 10.0. The van der Waals surface area contributed by atoms with Crippen LogP contribution in [-0.4, -0.2) is 20.6 Å². The Morgan fingerprint density at radius 3 is 2.40 bits per heavy atom. The fourth-order valence-electron chi connectivity index (χ4n) is 0.848. The van der Waals surface area contributed by atoms with Crippen molar-refractivity contribution in [2.24, 2.45) is 0 Å². The molecule has 0 atom stereocenters. The number of rotatable bonds is 6. The van der Waals surface area contributed by atoms with Crippen LogP contribution in [0.4, 0.5) is 0 Å². The van der Waals surface area contributed by atoms with E-state index in [1.807, 2.05) is 0 Å². The third-order valence-electron chi connectivity index (χ3n) is 1.45. The number of hydrogen-bond acceptors (Lipinski definition) is 1. The zero-order chi connectivity index (χ0) is 7.82. The molecule has 0 heterocycles. The molecule has 0 saturated carbocycles. The summed E-state index contributed by atoms with van der Waals surface area (Å²) in [5.41, 5.74) is 0. The van der Waals surface area contributed by atoms with Gasteiger partial charge in [-0.2, -0.15) is 0 Å². The van der Waals surface area contributed by atoms with Gasteiger partial charge in [-0.1, -0.05) is 19.2 Å². The minimum Gasteiger partial charge on any atom is -0.379 e. The molecule has 0 N–H and O–H groups in total. The summed E-state index contributed by atoms with van der Waals surface area (Å²) in [6.07, 6.45) is 5.61. The first-order valence-electron chi connectivity index (χ1n) is 4.39. The van der Waals surface area contributed by atoms with Crippen LogP contribution in [0, 0.1) is 0 Å². The van der Waals surface area contributed by atoms with Gasteiger partial charge in [-0.3, -0.25) is 0 Å². The molecule has 0 aromatic heterocycles. The van der Waals surface area contributed by atoms with Crippen molar-refractivity contribution >= 4 is 7.85 Å². The maximum atomic E-state index is 5.39. The second kappa shape index (κ2) is 7.14. The van der Waals surface area contributed by atoms with Crippen LogP contribution in [0.15, 0.2) is 0 Å². The monoisotopic (exact) mass is 142 g/mol. The molecule has 0 aliphatic rings. The Kier molecular flexibility index (Phi) is 7.15. The van der Waals surface area contributed by atoms with Gasteiger partial charge in [-0.25, -0.2) is 0 Å². The summed E-state index contributed by atoms with van der Waals surface area (Å²) >= 11 is 0. The van der Waals surface area contributed by atoms with Crippen molar-refractivity contribution in [2.45, 2.75) is 45.5 Å². The van der Waals surface area contributed by atoms with Crippen molar-refractivity contribution in [3.05, 3.63) is 0 Å². The van der Waals surface area contributed by atoms with E-state index in [1.54, 1.807) is 0 Å². The Bertz CT molecular complexity index is 64.3. The lowest BCUT2D eigenvalue weighted by Crippen LogP contribution is -2.03. The third-order valence-corrected chi connectivity index (χ3v) is 1.45. The molecular formula is C8H19BO. The molecule has 0 aliphatic carbocycles. The van der Waals surface area contributed by atoms with Crippen LogP contribution in [-0.2, 0) is 4.74 Å². The minimum absolute atomic E-state index is 0.404. The van der Waals surface area contributed by atoms with Gasteiger partial charge in [-0.15, -0.1) is 0 Å². The van der Waals surface area contributed by atoms with Gasteiger partial charge in [-0.05, 0) is 20.3 Å². The van der Waals surface area contributed by atoms with Crippen LogP contribution in [0.25, 0.3) is 0 Å². The molecular weight excluding hydrogens is 123 g/mol. The number of ether oxygens (including phenoxy) is 1. The van der Waals surface area contributed by atoms with Crippen molar-refractivity contribution in [3.63, 3.8) is 0 Å². The fraction of sp³-hybridized carbons (Fsp3) is 1.00. The smallest absolute Gasteiger partial charge is 0.101 e. The topological polar surface area (TPSA) is 9.23 Å². The van der Waals surface area contributed by atoms with Gasteiger partial charge in [0.05, 0.1) is 6.10 Å². The Labute approximate surface area is 65.6 Å². The van der Waals surface area contributed by atoms with E-state index in [1.165, 1.54) is 25.6 Å². The molecule has 0 spiro atoms. The summed E-state index contributed by atoms with van der Waals surface area (Å²) < 4.78 is 5.39. The molecule has 0 unspecified atom stereocenters. The maximum Gasteiger partial charge on any atom is 0.101 e. The molecule has 0 aromatic rings. The summed E-state index contributed by atoms with van der Waals surface area (Å²) in [5, 5.41) is 0. The predicted molar refractivity (Wildman–Crippen MR) is 48.3 cm³/mol. The second-order valence-corrected chi connectivity index (χ2v) is 2.98. The van der Waals surface area contributed by atoms with Crippen molar-refractivity contribution in [1.82, 2.24) is 0 Å². The highest BCUT2D eigenvalue weighted by molar-refractivity contribution is 6.08. The highest BCUT2D eigenvalue weighted by atomic mass is 16.5. The Hall–Kier alpha value is 0.0249. The van der Waals surface area contributed by atoms with E-state index in [9.17, 15) is 0 Å². The molecule has 0 aromatic carbocycles. The lowest BCUT2D eigenvalue weighted by Gasteiger charge is -2.05. The highest BCUT2D eigenvalue weighted by Gasteiger charge is 1.91. The van der Waals surface area contributed by atoms with Crippen molar-refractivity contribution in [1.29, 1.82) is 0 Å². The quantitative estimate of drug-likeness (QED) is 0.404. The van der Waals surface area contributed by atoms with Crippen molar-refractivity contribution in [3.8, 4) is 0 Å². The first-order valence-corrected chi connectivity index (χ1v) is 4.39. The summed E-state index contributed by atoms with van der Waals surface area (Å²) in [6.45, 7) is 5.11. The van der Waals surface area contributed by atoms with Crippen LogP contribution in [0.2, 0.25) is 6.32 Å². The highest BCUT2D eigenvalue weighted by Crippen LogP contribution is 1.99. The first-order chi connectivity index (χ1) is 4.77. The van der Waals surface area contributed by atoms with Crippen molar-refractivity contribution in [2.75, 3.05) is 6.61 Å². The molecule has 10 heavy (non-hydrogen) atoms. The van der Waals surface area contributed by atoms with Gasteiger partial charge in [0.2, 0.25) is 0 Å². The van der Waals surface area contributed by atoms with Crippen LogP contribution in [0.1, 0.15) is 33.1 Å².